The van der Waals surface area contributed by atoms with Gasteiger partial charge in [-0.25, -0.2) is 0 Å². The standard InChI is InChI=1S/C35H27N2OP/c38-39(32-17-9-3-10-18-32,33-19-11-4-12-20-33)34-25-26-35(36-27-34)28-21-23-31(24-22-28)37(29-13-5-1-6-14-29)30-15-7-2-8-16-30/h1-27H. The van der Waals surface area contributed by atoms with E-state index in [-0.39, 0.29) is 0 Å². The maximum atomic E-state index is 14.6. The molecule has 0 fully saturated rings. The number of para-hydroxylation sites is 2. The second-order valence-corrected chi connectivity index (χ2v) is 12.0. The minimum atomic E-state index is -3.05. The molecule has 0 aliphatic rings. The largest absolute Gasteiger partial charge is 0.311 e. The zero-order valence-electron chi connectivity index (χ0n) is 21.3. The number of hydrogen-bond acceptors (Lipinski definition) is 3. The smallest absolute Gasteiger partial charge is 0.172 e. The fraction of sp³-hybridized carbons (Fsp3) is 0. The molecule has 0 amide bonds. The van der Waals surface area contributed by atoms with Crippen molar-refractivity contribution in [1.29, 1.82) is 0 Å². The van der Waals surface area contributed by atoms with Gasteiger partial charge < -0.3 is 9.46 Å². The molecule has 3 nitrogen and oxygen atoms in total. The third kappa shape index (κ3) is 4.93. The van der Waals surface area contributed by atoms with Gasteiger partial charge in [-0.2, -0.15) is 0 Å². The Bertz CT molecular complexity index is 1610. The van der Waals surface area contributed by atoms with Gasteiger partial charge in [0.1, 0.15) is 0 Å². The average Bonchev–Trinajstić information content (AvgIpc) is 3.03. The van der Waals surface area contributed by atoms with Crippen LogP contribution in [0.2, 0.25) is 0 Å². The van der Waals surface area contributed by atoms with Crippen LogP contribution in [0, 0.1) is 0 Å². The van der Waals surface area contributed by atoms with Gasteiger partial charge in [0.25, 0.3) is 0 Å². The molecule has 4 heteroatoms. The van der Waals surface area contributed by atoms with Crippen LogP contribution in [0.15, 0.2) is 164 Å². The predicted octanol–water partition coefficient (Wildman–Crippen LogP) is 7.86. The maximum Gasteiger partial charge on any atom is 0.172 e. The molecule has 0 spiro atoms. The van der Waals surface area contributed by atoms with Gasteiger partial charge in [-0.05, 0) is 48.5 Å². The Labute approximate surface area is 229 Å². The van der Waals surface area contributed by atoms with Crippen LogP contribution in [0.1, 0.15) is 0 Å². The van der Waals surface area contributed by atoms with Crippen molar-refractivity contribution >= 4 is 40.1 Å². The summed E-state index contributed by atoms with van der Waals surface area (Å²) in [5.41, 5.74) is 5.09. The first-order valence-electron chi connectivity index (χ1n) is 12.9. The summed E-state index contributed by atoms with van der Waals surface area (Å²) in [5, 5.41) is 2.33. The van der Waals surface area contributed by atoms with E-state index in [1.807, 2.05) is 84.9 Å². The lowest BCUT2D eigenvalue weighted by Gasteiger charge is -2.25. The van der Waals surface area contributed by atoms with Crippen LogP contribution in [-0.2, 0) is 4.57 Å². The van der Waals surface area contributed by atoms with E-state index in [4.69, 9.17) is 4.98 Å². The van der Waals surface area contributed by atoms with Crippen molar-refractivity contribution in [1.82, 2.24) is 4.98 Å². The summed E-state index contributed by atoms with van der Waals surface area (Å²) >= 11 is 0. The molecule has 0 N–H and O–H groups in total. The molecule has 0 atom stereocenters. The molecule has 188 valence electrons. The van der Waals surface area contributed by atoms with Crippen molar-refractivity contribution in [2.75, 3.05) is 4.90 Å². The number of benzene rings is 5. The Morgan fingerprint density at radius 3 is 1.31 bits per heavy atom. The van der Waals surface area contributed by atoms with Gasteiger partial charge in [-0.3, -0.25) is 4.98 Å². The van der Waals surface area contributed by atoms with Crippen molar-refractivity contribution in [2.45, 2.75) is 0 Å². The highest BCUT2D eigenvalue weighted by molar-refractivity contribution is 7.85. The summed E-state index contributed by atoms with van der Waals surface area (Å²) in [6, 6.07) is 52.4. The van der Waals surface area contributed by atoms with Gasteiger partial charge in [0, 0.05) is 44.7 Å². The Morgan fingerprint density at radius 2 is 0.872 bits per heavy atom. The van der Waals surface area contributed by atoms with Crippen LogP contribution in [-0.4, -0.2) is 4.98 Å². The van der Waals surface area contributed by atoms with Crippen LogP contribution in [0.25, 0.3) is 11.3 Å². The molecule has 0 bridgehead atoms. The van der Waals surface area contributed by atoms with Gasteiger partial charge in [0.2, 0.25) is 0 Å². The predicted molar refractivity (Wildman–Crippen MR) is 164 cm³/mol. The Morgan fingerprint density at radius 1 is 0.436 bits per heavy atom. The number of aromatic nitrogens is 1. The van der Waals surface area contributed by atoms with E-state index in [0.29, 0.717) is 0 Å². The van der Waals surface area contributed by atoms with E-state index >= 15 is 0 Å². The molecule has 0 aliphatic carbocycles. The normalized spacial score (nSPS) is 11.2. The number of nitrogens with zero attached hydrogens (tertiary/aromatic N) is 2. The monoisotopic (exact) mass is 522 g/mol. The van der Waals surface area contributed by atoms with E-state index in [9.17, 15) is 4.57 Å². The van der Waals surface area contributed by atoms with Crippen LogP contribution in [0.3, 0.4) is 0 Å². The SMILES string of the molecule is O=P(c1ccccc1)(c1ccccc1)c1ccc(-c2ccc(N(c3ccccc3)c3ccccc3)cc2)nc1. The topological polar surface area (TPSA) is 33.2 Å². The lowest BCUT2D eigenvalue weighted by Crippen LogP contribution is -2.25. The Kier molecular flexibility index (Phi) is 6.91. The lowest BCUT2D eigenvalue weighted by atomic mass is 10.1. The highest BCUT2D eigenvalue weighted by Crippen LogP contribution is 2.42. The van der Waals surface area contributed by atoms with Crippen LogP contribution in [0.4, 0.5) is 17.1 Å². The number of pyridine rings is 1. The first kappa shape index (κ1) is 24.6. The van der Waals surface area contributed by atoms with E-state index in [0.717, 1.165) is 44.2 Å². The first-order valence-corrected chi connectivity index (χ1v) is 14.6. The third-order valence-electron chi connectivity index (χ3n) is 6.80. The Hall–Kier alpha value is -4.72. The molecular weight excluding hydrogens is 495 g/mol. The third-order valence-corrected chi connectivity index (χ3v) is 9.84. The summed E-state index contributed by atoms with van der Waals surface area (Å²) in [6.07, 6.45) is 1.77. The van der Waals surface area contributed by atoms with Gasteiger partial charge in [-0.15, -0.1) is 0 Å². The van der Waals surface area contributed by atoms with Crippen molar-refractivity contribution in [3.8, 4) is 11.3 Å². The second-order valence-electron chi connectivity index (χ2n) is 9.24. The summed E-state index contributed by atoms with van der Waals surface area (Å²) < 4.78 is 14.6. The van der Waals surface area contributed by atoms with Crippen molar-refractivity contribution in [2.24, 2.45) is 0 Å². The highest BCUT2D eigenvalue weighted by Gasteiger charge is 2.29. The van der Waals surface area contributed by atoms with E-state index in [1.54, 1.807) is 6.20 Å². The van der Waals surface area contributed by atoms with E-state index < -0.39 is 7.14 Å². The zero-order chi connectivity index (χ0) is 26.5. The lowest BCUT2D eigenvalue weighted by molar-refractivity contribution is 0.592. The molecule has 5 aromatic carbocycles. The molecule has 1 heterocycles. The van der Waals surface area contributed by atoms with Gasteiger partial charge in [0.05, 0.1) is 5.69 Å². The second kappa shape index (κ2) is 10.9. The number of anilines is 3. The fourth-order valence-electron chi connectivity index (χ4n) is 4.85. The molecule has 0 aliphatic heterocycles. The molecule has 39 heavy (non-hydrogen) atoms. The Balaban J connectivity index is 1.34. The molecule has 1 aromatic heterocycles. The quantitative estimate of drug-likeness (QED) is 0.200. The van der Waals surface area contributed by atoms with Crippen molar-refractivity contribution < 1.29 is 4.57 Å². The number of rotatable bonds is 7. The van der Waals surface area contributed by atoms with E-state index in [2.05, 4.69) is 77.7 Å². The van der Waals surface area contributed by atoms with Crippen LogP contribution < -0.4 is 20.8 Å². The molecule has 0 radical (unpaired) electrons. The maximum absolute atomic E-state index is 14.6. The summed E-state index contributed by atoms with van der Waals surface area (Å²) in [6.45, 7) is 0. The molecule has 6 rings (SSSR count). The highest BCUT2D eigenvalue weighted by atomic mass is 31.2. The first-order chi connectivity index (χ1) is 19.2. The molecular formula is C35H27N2OP. The minimum absolute atomic E-state index is 0.722. The zero-order valence-corrected chi connectivity index (χ0v) is 22.2. The fourth-order valence-corrected chi connectivity index (χ4v) is 7.43. The molecule has 6 aromatic rings. The van der Waals surface area contributed by atoms with Gasteiger partial charge >= 0.3 is 0 Å². The van der Waals surface area contributed by atoms with Gasteiger partial charge in [-0.1, -0.05) is 109 Å². The van der Waals surface area contributed by atoms with Crippen LogP contribution in [0.5, 0.6) is 0 Å². The minimum Gasteiger partial charge on any atom is -0.311 e. The van der Waals surface area contributed by atoms with E-state index in [1.165, 1.54) is 0 Å². The summed E-state index contributed by atoms with van der Waals surface area (Å²) in [7, 11) is -3.05. The van der Waals surface area contributed by atoms with Crippen molar-refractivity contribution in [3.05, 3.63) is 164 Å². The molecule has 0 saturated heterocycles. The van der Waals surface area contributed by atoms with Crippen LogP contribution >= 0.6 is 7.14 Å². The molecule has 0 saturated carbocycles. The summed E-state index contributed by atoms with van der Waals surface area (Å²) in [4.78, 5) is 7.00. The average molecular weight is 523 g/mol. The summed E-state index contributed by atoms with van der Waals surface area (Å²) in [5.74, 6) is 0. The van der Waals surface area contributed by atoms with Crippen molar-refractivity contribution in [3.63, 3.8) is 0 Å². The number of hydrogen-bond donors (Lipinski definition) is 0. The molecule has 0 unspecified atom stereocenters. The van der Waals surface area contributed by atoms with Gasteiger partial charge in [0.15, 0.2) is 7.14 Å².